The molecule has 1 aromatic carbocycles. The third-order valence-corrected chi connectivity index (χ3v) is 3.20. The molecule has 1 saturated heterocycles. The first-order chi connectivity index (χ1) is 8.24. The van der Waals surface area contributed by atoms with E-state index in [9.17, 15) is 4.79 Å². The number of rotatable bonds is 4. The Bertz CT molecular complexity index is 372. The maximum atomic E-state index is 11.7. The second kappa shape index (κ2) is 7.39. The minimum absolute atomic E-state index is 0. The molecule has 1 fully saturated rings. The second-order valence-corrected chi connectivity index (χ2v) is 4.76. The van der Waals surface area contributed by atoms with Crippen molar-refractivity contribution in [2.24, 2.45) is 0 Å². The fourth-order valence-corrected chi connectivity index (χ4v) is 2.13. The van der Waals surface area contributed by atoms with Gasteiger partial charge in [0.2, 0.25) is 5.91 Å². The topological polar surface area (TPSA) is 41.1 Å². The summed E-state index contributed by atoms with van der Waals surface area (Å²) in [5, 5.41) is 6.30. The van der Waals surface area contributed by atoms with Gasteiger partial charge in [0.25, 0.3) is 0 Å². The van der Waals surface area contributed by atoms with Crippen LogP contribution in [0, 0.1) is 6.92 Å². The average molecular weight is 269 g/mol. The van der Waals surface area contributed by atoms with Crippen LogP contribution in [0.1, 0.15) is 30.4 Å². The van der Waals surface area contributed by atoms with Gasteiger partial charge < -0.3 is 10.6 Å². The first-order valence-corrected chi connectivity index (χ1v) is 6.29. The number of halogens is 1. The van der Waals surface area contributed by atoms with Crippen molar-refractivity contribution in [2.75, 3.05) is 6.54 Å². The molecule has 1 heterocycles. The van der Waals surface area contributed by atoms with Gasteiger partial charge in [0.15, 0.2) is 0 Å². The van der Waals surface area contributed by atoms with Crippen molar-refractivity contribution in [3.63, 3.8) is 0 Å². The molecule has 1 unspecified atom stereocenters. The molecule has 2 rings (SSSR count). The van der Waals surface area contributed by atoms with Gasteiger partial charge in [-0.25, -0.2) is 0 Å². The van der Waals surface area contributed by atoms with Crippen molar-refractivity contribution >= 4 is 18.3 Å². The summed E-state index contributed by atoms with van der Waals surface area (Å²) in [5.74, 6) is 0.143. The molecular weight excluding hydrogens is 248 g/mol. The number of aryl methyl sites for hydroxylation is 1. The van der Waals surface area contributed by atoms with Gasteiger partial charge in [0.1, 0.15) is 0 Å². The summed E-state index contributed by atoms with van der Waals surface area (Å²) in [4.78, 5) is 11.7. The molecule has 0 spiro atoms. The molecular formula is C14H21ClN2O. The Morgan fingerprint density at radius 3 is 2.72 bits per heavy atom. The summed E-state index contributed by atoms with van der Waals surface area (Å²) in [6.07, 6.45) is 2.92. The van der Waals surface area contributed by atoms with E-state index in [0.717, 1.165) is 18.5 Å². The van der Waals surface area contributed by atoms with E-state index in [1.54, 1.807) is 0 Å². The highest BCUT2D eigenvalue weighted by Gasteiger charge is 2.17. The standard InChI is InChI=1S/C14H20N2O.ClH/c1-11-4-6-12(7-5-11)10-16-14(17)9-13-3-2-8-15-13;/h4-7,13,15H,2-3,8-10H2,1H3,(H,16,17);1H. The molecule has 0 saturated carbocycles. The van der Waals surface area contributed by atoms with Gasteiger partial charge in [-0.2, -0.15) is 0 Å². The largest absolute Gasteiger partial charge is 0.352 e. The lowest BCUT2D eigenvalue weighted by Gasteiger charge is -2.10. The minimum Gasteiger partial charge on any atom is -0.352 e. The fraction of sp³-hybridized carbons (Fsp3) is 0.500. The Hall–Kier alpha value is -1.06. The predicted molar refractivity (Wildman–Crippen MR) is 75.9 cm³/mol. The van der Waals surface area contributed by atoms with Crippen LogP contribution in [0.15, 0.2) is 24.3 Å². The van der Waals surface area contributed by atoms with Crippen LogP contribution in [0.4, 0.5) is 0 Å². The quantitative estimate of drug-likeness (QED) is 0.879. The molecule has 18 heavy (non-hydrogen) atoms. The van der Waals surface area contributed by atoms with E-state index in [4.69, 9.17) is 0 Å². The first-order valence-electron chi connectivity index (χ1n) is 6.29. The van der Waals surface area contributed by atoms with E-state index < -0.39 is 0 Å². The van der Waals surface area contributed by atoms with Gasteiger partial charge in [-0.3, -0.25) is 4.79 Å². The number of benzene rings is 1. The van der Waals surface area contributed by atoms with Crippen LogP contribution in [0.25, 0.3) is 0 Å². The lowest BCUT2D eigenvalue weighted by atomic mass is 10.1. The summed E-state index contributed by atoms with van der Waals surface area (Å²) in [6.45, 7) is 3.75. The Morgan fingerprint density at radius 2 is 2.11 bits per heavy atom. The lowest BCUT2D eigenvalue weighted by Crippen LogP contribution is -2.31. The van der Waals surface area contributed by atoms with Gasteiger partial charge in [0, 0.05) is 19.0 Å². The average Bonchev–Trinajstić information content (AvgIpc) is 2.81. The summed E-state index contributed by atoms with van der Waals surface area (Å²) >= 11 is 0. The van der Waals surface area contributed by atoms with Gasteiger partial charge in [0.05, 0.1) is 0 Å². The first kappa shape index (κ1) is 15.0. The van der Waals surface area contributed by atoms with Crippen molar-refractivity contribution < 1.29 is 4.79 Å². The lowest BCUT2D eigenvalue weighted by molar-refractivity contribution is -0.121. The maximum absolute atomic E-state index is 11.7. The third-order valence-electron chi connectivity index (χ3n) is 3.20. The monoisotopic (exact) mass is 268 g/mol. The van der Waals surface area contributed by atoms with Crippen LogP contribution in [0.5, 0.6) is 0 Å². The highest BCUT2D eigenvalue weighted by molar-refractivity contribution is 5.85. The molecule has 1 atom stereocenters. The predicted octanol–water partition coefficient (Wildman–Crippen LogP) is 2.18. The molecule has 0 bridgehead atoms. The smallest absolute Gasteiger partial charge is 0.221 e. The molecule has 1 aliphatic rings. The molecule has 1 amide bonds. The van der Waals surface area contributed by atoms with Crippen molar-refractivity contribution in [2.45, 2.75) is 38.8 Å². The van der Waals surface area contributed by atoms with E-state index in [1.807, 2.05) is 0 Å². The van der Waals surface area contributed by atoms with Gasteiger partial charge in [-0.1, -0.05) is 29.8 Å². The molecule has 4 heteroatoms. The molecule has 1 aliphatic heterocycles. The summed E-state index contributed by atoms with van der Waals surface area (Å²) < 4.78 is 0. The normalized spacial score (nSPS) is 18.2. The molecule has 0 aromatic heterocycles. The van der Waals surface area contributed by atoms with E-state index in [-0.39, 0.29) is 18.3 Å². The van der Waals surface area contributed by atoms with Gasteiger partial charge in [-0.15, -0.1) is 12.4 Å². The Morgan fingerprint density at radius 1 is 1.39 bits per heavy atom. The van der Waals surface area contributed by atoms with E-state index in [1.165, 1.54) is 12.0 Å². The number of hydrogen-bond acceptors (Lipinski definition) is 2. The van der Waals surface area contributed by atoms with Gasteiger partial charge >= 0.3 is 0 Å². The minimum atomic E-state index is 0. The molecule has 1 aromatic rings. The number of amides is 1. The zero-order valence-corrected chi connectivity index (χ0v) is 11.6. The van der Waals surface area contributed by atoms with E-state index in [2.05, 4.69) is 41.8 Å². The van der Waals surface area contributed by atoms with Crippen molar-refractivity contribution in [1.82, 2.24) is 10.6 Å². The van der Waals surface area contributed by atoms with Crippen LogP contribution in [-0.2, 0) is 11.3 Å². The summed E-state index contributed by atoms with van der Waals surface area (Å²) in [7, 11) is 0. The zero-order chi connectivity index (χ0) is 12.1. The van der Waals surface area contributed by atoms with Crippen LogP contribution in [0.2, 0.25) is 0 Å². The van der Waals surface area contributed by atoms with Crippen LogP contribution < -0.4 is 10.6 Å². The van der Waals surface area contributed by atoms with E-state index in [0.29, 0.717) is 19.0 Å². The maximum Gasteiger partial charge on any atom is 0.221 e. The molecule has 0 radical (unpaired) electrons. The Labute approximate surface area is 115 Å². The molecule has 2 N–H and O–H groups in total. The fourth-order valence-electron chi connectivity index (χ4n) is 2.13. The van der Waals surface area contributed by atoms with Crippen molar-refractivity contribution in [3.8, 4) is 0 Å². The Balaban J connectivity index is 0.00000162. The Kier molecular flexibility index (Phi) is 6.16. The number of nitrogens with one attached hydrogen (secondary N) is 2. The van der Waals surface area contributed by atoms with Crippen molar-refractivity contribution in [3.05, 3.63) is 35.4 Å². The number of hydrogen-bond donors (Lipinski definition) is 2. The number of carbonyl (C=O) groups is 1. The zero-order valence-electron chi connectivity index (χ0n) is 10.7. The molecule has 0 aliphatic carbocycles. The molecule has 100 valence electrons. The summed E-state index contributed by atoms with van der Waals surface area (Å²) in [5.41, 5.74) is 2.40. The molecule has 3 nitrogen and oxygen atoms in total. The van der Waals surface area contributed by atoms with Crippen LogP contribution >= 0.6 is 12.4 Å². The number of carbonyl (C=O) groups excluding carboxylic acids is 1. The van der Waals surface area contributed by atoms with Crippen LogP contribution in [-0.4, -0.2) is 18.5 Å². The van der Waals surface area contributed by atoms with Crippen LogP contribution in [0.3, 0.4) is 0 Å². The van der Waals surface area contributed by atoms with Gasteiger partial charge in [-0.05, 0) is 31.9 Å². The highest BCUT2D eigenvalue weighted by atomic mass is 35.5. The summed E-state index contributed by atoms with van der Waals surface area (Å²) in [6, 6.07) is 8.64. The van der Waals surface area contributed by atoms with Crippen molar-refractivity contribution in [1.29, 1.82) is 0 Å². The van der Waals surface area contributed by atoms with E-state index >= 15 is 0 Å². The highest BCUT2D eigenvalue weighted by Crippen LogP contribution is 2.08. The SMILES string of the molecule is Cc1ccc(CNC(=O)CC2CCCN2)cc1.Cl. The second-order valence-electron chi connectivity index (χ2n) is 4.76. The third kappa shape index (κ3) is 4.67.